The molecule has 0 N–H and O–H groups in total. The predicted molar refractivity (Wildman–Crippen MR) is 74.4 cm³/mol. The topological polar surface area (TPSA) is 9.23 Å². The lowest BCUT2D eigenvalue weighted by atomic mass is 10.0. The molecule has 0 aliphatic carbocycles. The van der Waals surface area contributed by atoms with Crippen molar-refractivity contribution in [2.24, 2.45) is 0 Å². The van der Waals surface area contributed by atoms with Crippen LogP contribution < -0.4 is 4.74 Å². The van der Waals surface area contributed by atoms with Gasteiger partial charge in [-0.1, -0.05) is 43.2 Å². The Labute approximate surface area is 108 Å². The minimum absolute atomic E-state index is 0.302. The SMILES string of the molecule is C#CCOc1ccc(-c2[c]ccc(CC)c2)cc1. The molecule has 1 nitrogen and oxygen atoms in total. The van der Waals surface area contributed by atoms with Crippen LogP contribution in [0, 0.1) is 18.4 Å². The minimum Gasteiger partial charge on any atom is -0.481 e. The smallest absolute Gasteiger partial charge is 0.148 e. The summed E-state index contributed by atoms with van der Waals surface area (Å²) >= 11 is 0. The van der Waals surface area contributed by atoms with Crippen molar-refractivity contribution < 1.29 is 4.74 Å². The third-order valence-electron chi connectivity index (χ3n) is 2.76. The van der Waals surface area contributed by atoms with E-state index in [0.29, 0.717) is 6.61 Å². The van der Waals surface area contributed by atoms with Crippen molar-refractivity contribution in [1.82, 2.24) is 0 Å². The maximum absolute atomic E-state index is 5.34. The zero-order valence-electron chi connectivity index (χ0n) is 10.4. The third kappa shape index (κ3) is 2.93. The van der Waals surface area contributed by atoms with Gasteiger partial charge in [-0.25, -0.2) is 0 Å². The van der Waals surface area contributed by atoms with Crippen LogP contribution in [0.1, 0.15) is 12.5 Å². The first-order valence-electron chi connectivity index (χ1n) is 6.01. The van der Waals surface area contributed by atoms with E-state index < -0.39 is 0 Å². The molecule has 0 bridgehead atoms. The van der Waals surface area contributed by atoms with Crippen LogP contribution in [0.15, 0.2) is 42.5 Å². The third-order valence-corrected chi connectivity index (χ3v) is 2.76. The van der Waals surface area contributed by atoms with Crippen LogP contribution in [-0.2, 0) is 6.42 Å². The fourth-order valence-corrected chi connectivity index (χ4v) is 1.76. The van der Waals surface area contributed by atoms with Crippen molar-refractivity contribution in [3.8, 4) is 29.2 Å². The van der Waals surface area contributed by atoms with Gasteiger partial charge in [0.25, 0.3) is 0 Å². The van der Waals surface area contributed by atoms with E-state index in [4.69, 9.17) is 11.2 Å². The molecule has 1 radical (unpaired) electrons. The Kier molecular flexibility index (Phi) is 4.04. The highest BCUT2D eigenvalue weighted by Crippen LogP contribution is 2.23. The Morgan fingerprint density at radius 2 is 2.00 bits per heavy atom. The summed E-state index contributed by atoms with van der Waals surface area (Å²) in [5.41, 5.74) is 3.56. The van der Waals surface area contributed by atoms with Crippen LogP contribution in [0.4, 0.5) is 0 Å². The van der Waals surface area contributed by atoms with Crippen LogP contribution in [0.25, 0.3) is 11.1 Å². The second-order valence-electron chi connectivity index (χ2n) is 3.98. The first kappa shape index (κ1) is 12.3. The Bertz CT molecular complexity index is 547. The van der Waals surface area contributed by atoms with Crippen LogP contribution >= 0.6 is 0 Å². The van der Waals surface area contributed by atoms with Gasteiger partial charge < -0.3 is 4.74 Å². The summed E-state index contributed by atoms with van der Waals surface area (Å²) in [6.45, 7) is 2.45. The molecule has 0 saturated carbocycles. The molecule has 0 amide bonds. The van der Waals surface area contributed by atoms with Gasteiger partial charge in [-0.2, -0.15) is 0 Å². The number of rotatable bonds is 4. The van der Waals surface area contributed by atoms with Crippen molar-refractivity contribution in [2.75, 3.05) is 6.61 Å². The van der Waals surface area contributed by atoms with E-state index in [1.54, 1.807) is 0 Å². The molecule has 2 aromatic rings. The maximum Gasteiger partial charge on any atom is 0.148 e. The highest BCUT2D eigenvalue weighted by molar-refractivity contribution is 5.64. The van der Waals surface area contributed by atoms with E-state index >= 15 is 0 Å². The zero-order valence-corrected chi connectivity index (χ0v) is 10.4. The molecule has 89 valence electrons. The highest BCUT2D eigenvalue weighted by Gasteiger charge is 2.00. The van der Waals surface area contributed by atoms with Crippen molar-refractivity contribution in [2.45, 2.75) is 13.3 Å². The van der Waals surface area contributed by atoms with Crippen LogP contribution in [0.3, 0.4) is 0 Å². The molecule has 0 unspecified atom stereocenters. The average molecular weight is 235 g/mol. The summed E-state index contributed by atoms with van der Waals surface area (Å²) in [5.74, 6) is 3.24. The van der Waals surface area contributed by atoms with Gasteiger partial charge in [0.05, 0.1) is 0 Å². The lowest BCUT2D eigenvalue weighted by Gasteiger charge is -2.06. The number of benzene rings is 2. The summed E-state index contributed by atoms with van der Waals surface area (Å²) in [4.78, 5) is 0. The molecule has 18 heavy (non-hydrogen) atoms. The lowest BCUT2D eigenvalue weighted by Crippen LogP contribution is -1.92. The van der Waals surface area contributed by atoms with Crippen molar-refractivity contribution in [3.63, 3.8) is 0 Å². The average Bonchev–Trinajstić information content (AvgIpc) is 2.46. The summed E-state index contributed by atoms with van der Waals surface area (Å²) in [6.07, 6.45) is 6.18. The van der Waals surface area contributed by atoms with E-state index in [1.807, 2.05) is 30.3 Å². The standard InChI is InChI=1S/C17H15O/c1-3-12-18-17-10-8-15(9-11-17)16-7-5-6-14(4-2)13-16/h1,5-6,8-11,13H,4,12H2,2H3. The second-order valence-corrected chi connectivity index (χ2v) is 3.98. The van der Waals surface area contributed by atoms with Crippen molar-refractivity contribution >= 4 is 0 Å². The Morgan fingerprint density at radius 3 is 2.67 bits per heavy atom. The van der Waals surface area contributed by atoms with E-state index in [-0.39, 0.29) is 0 Å². The quantitative estimate of drug-likeness (QED) is 0.734. The molecule has 0 heterocycles. The van der Waals surface area contributed by atoms with Crippen molar-refractivity contribution in [1.29, 1.82) is 0 Å². The molecule has 0 atom stereocenters. The zero-order chi connectivity index (χ0) is 12.8. The summed E-state index contributed by atoms with van der Waals surface area (Å²) < 4.78 is 5.34. The van der Waals surface area contributed by atoms with E-state index in [9.17, 15) is 0 Å². The minimum atomic E-state index is 0.302. The molecular weight excluding hydrogens is 220 g/mol. The first-order chi connectivity index (χ1) is 8.83. The van der Waals surface area contributed by atoms with E-state index in [0.717, 1.165) is 23.3 Å². The first-order valence-corrected chi connectivity index (χ1v) is 6.01. The maximum atomic E-state index is 5.34. The number of aryl methyl sites for hydroxylation is 1. The van der Waals surface area contributed by atoms with Gasteiger partial charge in [0, 0.05) is 0 Å². The Balaban J connectivity index is 2.20. The summed E-state index contributed by atoms with van der Waals surface area (Å²) in [6, 6.07) is 17.4. The van der Waals surface area contributed by atoms with Crippen LogP contribution in [0.5, 0.6) is 5.75 Å². The monoisotopic (exact) mass is 235 g/mol. The summed E-state index contributed by atoms with van der Waals surface area (Å²) in [5, 5.41) is 0. The van der Waals surface area contributed by atoms with Gasteiger partial charge >= 0.3 is 0 Å². The number of hydrogen-bond donors (Lipinski definition) is 0. The highest BCUT2D eigenvalue weighted by atomic mass is 16.5. The van der Waals surface area contributed by atoms with Crippen LogP contribution in [-0.4, -0.2) is 6.61 Å². The number of terminal acetylenes is 1. The molecule has 1 heteroatoms. The molecule has 2 rings (SSSR count). The van der Waals surface area contributed by atoms with Gasteiger partial charge in [0.2, 0.25) is 0 Å². The molecule has 0 spiro atoms. The van der Waals surface area contributed by atoms with Crippen molar-refractivity contribution in [3.05, 3.63) is 54.1 Å². The number of hydrogen-bond acceptors (Lipinski definition) is 1. The van der Waals surface area contributed by atoms with E-state index in [1.165, 1.54) is 5.56 Å². The molecule has 0 fully saturated rings. The predicted octanol–water partition coefficient (Wildman–Crippen LogP) is 3.73. The molecule has 2 aromatic carbocycles. The molecule has 0 aliphatic rings. The number of ether oxygens (including phenoxy) is 1. The normalized spacial score (nSPS) is 9.78. The van der Waals surface area contributed by atoms with Gasteiger partial charge in [0.15, 0.2) is 0 Å². The molecule has 0 aromatic heterocycles. The van der Waals surface area contributed by atoms with Gasteiger partial charge in [-0.05, 0) is 41.3 Å². The fourth-order valence-electron chi connectivity index (χ4n) is 1.76. The Hall–Kier alpha value is -2.20. The Morgan fingerprint density at radius 1 is 1.22 bits per heavy atom. The van der Waals surface area contributed by atoms with Gasteiger partial charge in [-0.3, -0.25) is 0 Å². The fraction of sp³-hybridized carbons (Fsp3) is 0.176. The van der Waals surface area contributed by atoms with Gasteiger partial charge in [0.1, 0.15) is 12.4 Å². The molecular formula is C17H15O. The van der Waals surface area contributed by atoms with Gasteiger partial charge in [-0.15, -0.1) is 6.42 Å². The molecule has 0 saturated heterocycles. The van der Waals surface area contributed by atoms with Crippen LogP contribution in [0.2, 0.25) is 0 Å². The summed E-state index contributed by atoms with van der Waals surface area (Å²) in [7, 11) is 0. The molecule has 0 aliphatic heterocycles. The van der Waals surface area contributed by atoms with E-state index in [2.05, 4.69) is 31.0 Å². The second kappa shape index (κ2) is 5.93. The lowest BCUT2D eigenvalue weighted by molar-refractivity contribution is 0.370. The largest absolute Gasteiger partial charge is 0.481 e.